The van der Waals surface area contributed by atoms with Crippen molar-refractivity contribution >= 4 is 10.8 Å². The maximum atomic E-state index is 11.4. The van der Waals surface area contributed by atoms with Crippen LogP contribution in [0.3, 0.4) is 0 Å². The molecule has 0 spiro atoms. The van der Waals surface area contributed by atoms with Gasteiger partial charge in [-0.2, -0.15) is 0 Å². The quantitative estimate of drug-likeness (QED) is 0.847. The summed E-state index contributed by atoms with van der Waals surface area (Å²) in [4.78, 5) is 2.66. The molecule has 1 aliphatic heterocycles. The van der Waals surface area contributed by atoms with Gasteiger partial charge in [-0.15, -0.1) is 0 Å². The largest absolute Gasteiger partial charge is 0.311 e. The van der Waals surface area contributed by atoms with E-state index in [0.29, 0.717) is 24.0 Å². The van der Waals surface area contributed by atoms with Crippen LogP contribution in [-0.4, -0.2) is 52.3 Å². The maximum absolute atomic E-state index is 11.4. The Morgan fingerprint density at radius 2 is 1.90 bits per heavy atom. The van der Waals surface area contributed by atoms with Crippen molar-refractivity contribution < 1.29 is 4.21 Å². The van der Waals surface area contributed by atoms with E-state index in [9.17, 15) is 4.21 Å². The van der Waals surface area contributed by atoms with Gasteiger partial charge in [0.25, 0.3) is 0 Å². The maximum Gasteiger partial charge on any atom is 0.0247 e. The normalized spacial score (nSPS) is 28.6. The van der Waals surface area contributed by atoms with Crippen LogP contribution >= 0.6 is 0 Å². The molecule has 0 aromatic rings. The van der Waals surface area contributed by atoms with Crippen molar-refractivity contribution in [1.82, 2.24) is 10.2 Å². The lowest BCUT2D eigenvalue weighted by Gasteiger charge is -2.49. The van der Waals surface area contributed by atoms with Gasteiger partial charge in [-0.05, 0) is 24.7 Å². The fourth-order valence-electron chi connectivity index (χ4n) is 3.00. The third-order valence-electron chi connectivity index (χ3n) is 4.60. The van der Waals surface area contributed by atoms with Gasteiger partial charge in [0.15, 0.2) is 0 Å². The molecule has 0 saturated carbocycles. The summed E-state index contributed by atoms with van der Waals surface area (Å²) < 4.78 is 11.4. The number of nitrogens with zero attached hydrogens (tertiary/aromatic N) is 1. The van der Waals surface area contributed by atoms with Crippen LogP contribution in [0.4, 0.5) is 0 Å². The zero-order valence-electron chi connectivity index (χ0n) is 14.4. The minimum atomic E-state index is -0.681. The van der Waals surface area contributed by atoms with Gasteiger partial charge in [0.1, 0.15) is 0 Å². The highest BCUT2D eigenvalue weighted by Crippen LogP contribution is 2.27. The summed E-state index contributed by atoms with van der Waals surface area (Å²) >= 11 is 0. The van der Waals surface area contributed by atoms with Crippen LogP contribution in [0, 0.1) is 11.3 Å². The Morgan fingerprint density at radius 1 is 1.30 bits per heavy atom. The van der Waals surface area contributed by atoms with Crippen molar-refractivity contribution in [3.63, 3.8) is 0 Å². The molecule has 120 valence electrons. The summed E-state index contributed by atoms with van der Waals surface area (Å²) in [5.74, 6) is 1.47. The predicted molar refractivity (Wildman–Crippen MR) is 89.6 cm³/mol. The second-order valence-electron chi connectivity index (χ2n) is 7.75. The molecule has 0 bridgehead atoms. The van der Waals surface area contributed by atoms with Crippen LogP contribution in [0.25, 0.3) is 0 Å². The van der Waals surface area contributed by atoms with E-state index < -0.39 is 10.8 Å². The van der Waals surface area contributed by atoms with E-state index in [1.807, 2.05) is 6.26 Å². The van der Waals surface area contributed by atoms with Crippen molar-refractivity contribution in [3.8, 4) is 0 Å². The second-order valence-corrected chi connectivity index (χ2v) is 9.30. The number of piperazine rings is 1. The fraction of sp³-hybridized carbons (Fsp3) is 1.00. The molecule has 1 aliphatic rings. The lowest BCUT2D eigenvalue weighted by Crippen LogP contribution is -2.63. The van der Waals surface area contributed by atoms with Crippen LogP contribution in [0.5, 0.6) is 0 Å². The Morgan fingerprint density at radius 3 is 2.35 bits per heavy atom. The Bertz CT molecular complexity index is 325. The highest BCUT2D eigenvalue weighted by molar-refractivity contribution is 7.84. The third-order valence-corrected chi connectivity index (χ3v) is 5.41. The molecule has 1 fully saturated rings. The van der Waals surface area contributed by atoms with Crippen molar-refractivity contribution in [2.45, 2.75) is 66.1 Å². The lowest BCUT2D eigenvalue weighted by molar-refractivity contribution is 0.0337. The van der Waals surface area contributed by atoms with Gasteiger partial charge in [0.05, 0.1) is 0 Å². The van der Waals surface area contributed by atoms with Gasteiger partial charge in [-0.1, -0.05) is 34.6 Å². The molecule has 1 rings (SSSR count). The molecule has 1 saturated heterocycles. The zero-order chi connectivity index (χ0) is 15.5. The Hall–Kier alpha value is 0.0700. The van der Waals surface area contributed by atoms with Crippen molar-refractivity contribution in [3.05, 3.63) is 0 Å². The van der Waals surface area contributed by atoms with Gasteiger partial charge in [0.2, 0.25) is 0 Å². The molecule has 1 N–H and O–H groups in total. The van der Waals surface area contributed by atoms with E-state index in [2.05, 4.69) is 51.8 Å². The first-order chi connectivity index (χ1) is 9.12. The molecule has 4 heteroatoms. The van der Waals surface area contributed by atoms with Gasteiger partial charge < -0.3 is 5.32 Å². The van der Waals surface area contributed by atoms with Crippen LogP contribution in [0.2, 0.25) is 0 Å². The van der Waals surface area contributed by atoms with E-state index in [4.69, 9.17) is 0 Å². The molecule has 0 radical (unpaired) electrons. The van der Waals surface area contributed by atoms with Gasteiger partial charge >= 0.3 is 0 Å². The number of rotatable bonds is 5. The Balaban J connectivity index is 2.75. The SMILES string of the molecule is CC(C)C1CNC(C(C)(C)C)CN1C(C)CCS(C)=O. The van der Waals surface area contributed by atoms with Crippen molar-refractivity contribution in [2.75, 3.05) is 25.1 Å². The molecular weight excluding hydrogens is 268 g/mol. The van der Waals surface area contributed by atoms with Crippen LogP contribution in [-0.2, 0) is 10.8 Å². The summed E-state index contributed by atoms with van der Waals surface area (Å²) in [6, 6.07) is 1.64. The van der Waals surface area contributed by atoms with Crippen LogP contribution in [0.1, 0.15) is 48.0 Å². The van der Waals surface area contributed by atoms with Gasteiger partial charge in [0, 0.05) is 54.0 Å². The summed E-state index contributed by atoms with van der Waals surface area (Å²) in [6.07, 6.45) is 2.84. The average molecular weight is 303 g/mol. The fourth-order valence-corrected chi connectivity index (χ4v) is 3.67. The Labute approximate surface area is 128 Å². The molecule has 3 nitrogen and oxygen atoms in total. The van der Waals surface area contributed by atoms with E-state index in [0.717, 1.165) is 25.3 Å². The van der Waals surface area contributed by atoms with Crippen molar-refractivity contribution in [1.29, 1.82) is 0 Å². The smallest absolute Gasteiger partial charge is 0.0247 e. The van der Waals surface area contributed by atoms with E-state index >= 15 is 0 Å². The number of nitrogens with one attached hydrogen (secondary N) is 1. The first-order valence-corrected chi connectivity index (χ1v) is 9.64. The third kappa shape index (κ3) is 5.12. The molecule has 0 aliphatic carbocycles. The van der Waals surface area contributed by atoms with Crippen molar-refractivity contribution in [2.24, 2.45) is 11.3 Å². The van der Waals surface area contributed by atoms with Crippen LogP contribution < -0.4 is 5.32 Å². The van der Waals surface area contributed by atoms with E-state index in [-0.39, 0.29) is 5.41 Å². The number of hydrogen-bond donors (Lipinski definition) is 1. The average Bonchev–Trinajstić information content (AvgIpc) is 2.33. The number of hydrogen-bond acceptors (Lipinski definition) is 3. The lowest BCUT2D eigenvalue weighted by atomic mass is 9.83. The molecule has 20 heavy (non-hydrogen) atoms. The summed E-state index contributed by atoms with van der Waals surface area (Å²) in [5.41, 5.74) is 0.285. The predicted octanol–water partition coefficient (Wildman–Crippen LogP) is 2.49. The summed E-state index contributed by atoms with van der Waals surface area (Å²) in [7, 11) is -0.681. The first-order valence-electron chi connectivity index (χ1n) is 7.92. The molecule has 1 heterocycles. The summed E-state index contributed by atoms with van der Waals surface area (Å²) in [5, 5.41) is 3.74. The van der Waals surface area contributed by atoms with Crippen LogP contribution in [0.15, 0.2) is 0 Å². The zero-order valence-corrected chi connectivity index (χ0v) is 15.2. The molecule has 0 aromatic heterocycles. The molecule has 0 aromatic carbocycles. The topological polar surface area (TPSA) is 32.3 Å². The molecule has 0 amide bonds. The molecule has 4 unspecified atom stereocenters. The second kappa shape index (κ2) is 7.37. The summed E-state index contributed by atoms with van der Waals surface area (Å²) in [6.45, 7) is 16.0. The monoisotopic (exact) mass is 302 g/mol. The standard InChI is InChI=1S/C16H34N2OS/c1-12(2)14-10-17-15(16(4,5)6)11-18(14)13(3)8-9-20(7)19/h12-15,17H,8-11H2,1-7H3. The van der Waals surface area contributed by atoms with Gasteiger partial charge in [-0.25, -0.2) is 0 Å². The minimum Gasteiger partial charge on any atom is -0.311 e. The van der Waals surface area contributed by atoms with E-state index in [1.165, 1.54) is 0 Å². The molecular formula is C16H34N2OS. The minimum absolute atomic E-state index is 0.285. The highest BCUT2D eigenvalue weighted by atomic mass is 32.2. The van der Waals surface area contributed by atoms with Gasteiger partial charge in [-0.3, -0.25) is 9.11 Å². The highest BCUT2D eigenvalue weighted by Gasteiger charge is 2.36. The first kappa shape index (κ1) is 18.1. The van der Waals surface area contributed by atoms with E-state index in [1.54, 1.807) is 0 Å². The Kier molecular flexibility index (Phi) is 6.68. The molecule has 4 atom stereocenters.